The van der Waals surface area contributed by atoms with Gasteiger partial charge in [0.25, 0.3) is 11.8 Å². The molecule has 0 spiro atoms. The lowest BCUT2D eigenvalue weighted by Gasteiger charge is -2.27. The normalized spacial score (nSPS) is 13.8. The number of nitrogens with one attached hydrogen (secondary N) is 1. The van der Waals surface area contributed by atoms with Crippen LogP contribution in [0, 0.1) is 11.3 Å². The molecule has 0 saturated carbocycles. The Kier molecular flexibility index (Phi) is 5.07. The van der Waals surface area contributed by atoms with Crippen LogP contribution in [0.5, 0.6) is 0 Å². The molecular weight excluding hydrogens is 318 g/mol. The minimum Gasteiger partial charge on any atom is -0.378 e. The number of hydrogen-bond acceptors (Lipinski definition) is 4. The summed E-state index contributed by atoms with van der Waals surface area (Å²) in [5.74, 6) is -0.453. The summed E-state index contributed by atoms with van der Waals surface area (Å²) in [5.41, 5.74) is 1.83. The number of amides is 2. The number of rotatable bonds is 3. The lowest BCUT2D eigenvalue weighted by atomic mass is 10.1. The predicted molar refractivity (Wildman–Crippen MR) is 92.3 cm³/mol. The maximum atomic E-state index is 12.7. The Hall–Kier alpha value is -3.17. The van der Waals surface area contributed by atoms with E-state index in [-0.39, 0.29) is 11.8 Å². The van der Waals surface area contributed by atoms with Gasteiger partial charge in [0.1, 0.15) is 0 Å². The van der Waals surface area contributed by atoms with Crippen LogP contribution in [0.15, 0.2) is 48.5 Å². The van der Waals surface area contributed by atoms with Crippen LogP contribution in [0.4, 0.5) is 5.69 Å². The van der Waals surface area contributed by atoms with Crippen LogP contribution in [0.25, 0.3) is 0 Å². The van der Waals surface area contributed by atoms with Crippen LogP contribution >= 0.6 is 0 Å². The molecule has 1 aliphatic rings. The van der Waals surface area contributed by atoms with Gasteiger partial charge in [-0.3, -0.25) is 9.59 Å². The second-order valence-corrected chi connectivity index (χ2v) is 5.59. The number of para-hydroxylation sites is 1. The molecular formula is C19H17N3O3. The van der Waals surface area contributed by atoms with Gasteiger partial charge in [-0.1, -0.05) is 12.1 Å². The van der Waals surface area contributed by atoms with Crippen molar-refractivity contribution in [3.8, 4) is 6.07 Å². The fourth-order valence-corrected chi connectivity index (χ4v) is 2.61. The molecule has 1 fully saturated rings. The Morgan fingerprint density at radius 1 is 1.04 bits per heavy atom. The third-order valence-corrected chi connectivity index (χ3v) is 3.98. The van der Waals surface area contributed by atoms with E-state index in [1.54, 1.807) is 53.4 Å². The zero-order valence-electron chi connectivity index (χ0n) is 13.6. The fraction of sp³-hybridized carbons (Fsp3) is 0.211. The number of nitriles is 1. The molecule has 1 aliphatic heterocycles. The molecule has 2 aromatic rings. The molecule has 6 heteroatoms. The van der Waals surface area contributed by atoms with Gasteiger partial charge in [0, 0.05) is 18.7 Å². The number of carbonyl (C=O) groups is 2. The van der Waals surface area contributed by atoms with Gasteiger partial charge in [0.05, 0.1) is 36.1 Å². The number of anilines is 1. The van der Waals surface area contributed by atoms with Crippen molar-refractivity contribution in [3.63, 3.8) is 0 Å². The van der Waals surface area contributed by atoms with E-state index in [0.717, 1.165) is 0 Å². The summed E-state index contributed by atoms with van der Waals surface area (Å²) in [6, 6.07) is 15.3. The van der Waals surface area contributed by atoms with Gasteiger partial charge >= 0.3 is 0 Å². The van der Waals surface area contributed by atoms with Crippen molar-refractivity contribution in [3.05, 3.63) is 65.2 Å². The number of hydrogen-bond donors (Lipinski definition) is 1. The molecule has 2 aromatic carbocycles. The molecule has 126 valence electrons. The monoisotopic (exact) mass is 335 g/mol. The first-order valence-electron chi connectivity index (χ1n) is 7.96. The van der Waals surface area contributed by atoms with E-state index in [9.17, 15) is 9.59 Å². The summed E-state index contributed by atoms with van der Waals surface area (Å²) in [4.78, 5) is 26.8. The molecule has 0 aliphatic carbocycles. The first kappa shape index (κ1) is 16.7. The molecule has 0 aromatic heterocycles. The van der Waals surface area contributed by atoms with Crippen molar-refractivity contribution in [1.29, 1.82) is 5.26 Å². The van der Waals surface area contributed by atoms with Gasteiger partial charge < -0.3 is 15.0 Å². The van der Waals surface area contributed by atoms with Crippen LogP contribution in [-0.2, 0) is 4.74 Å². The average molecular weight is 335 g/mol. The Labute approximate surface area is 145 Å². The number of morpholine rings is 1. The zero-order valence-corrected chi connectivity index (χ0v) is 13.6. The highest BCUT2D eigenvalue weighted by molar-refractivity contribution is 6.09. The smallest absolute Gasteiger partial charge is 0.256 e. The van der Waals surface area contributed by atoms with Gasteiger partial charge in [-0.05, 0) is 36.4 Å². The summed E-state index contributed by atoms with van der Waals surface area (Å²) >= 11 is 0. The van der Waals surface area contributed by atoms with E-state index >= 15 is 0 Å². The van der Waals surface area contributed by atoms with Gasteiger partial charge in [-0.2, -0.15) is 5.26 Å². The summed E-state index contributed by atoms with van der Waals surface area (Å²) in [5, 5.41) is 11.6. The lowest BCUT2D eigenvalue weighted by Crippen LogP contribution is -2.41. The Morgan fingerprint density at radius 2 is 1.72 bits per heavy atom. The third-order valence-electron chi connectivity index (χ3n) is 3.98. The second kappa shape index (κ2) is 7.60. The minimum absolute atomic E-state index is 0.126. The molecule has 25 heavy (non-hydrogen) atoms. The van der Waals surface area contributed by atoms with Crippen LogP contribution in [-0.4, -0.2) is 43.0 Å². The first-order chi connectivity index (χ1) is 12.2. The SMILES string of the molecule is N#Cc1ccc(C(=O)Nc2ccccc2C(=O)N2CCOCC2)cc1. The molecule has 1 heterocycles. The zero-order chi connectivity index (χ0) is 17.6. The topological polar surface area (TPSA) is 82.4 Å². The highest BCUT2D eigenvalue weighted by Gasteiger charge is 2.21. The molecule has 1 N–H and O–H groups in total. The van der Waals surface area contributed by atoms with E-state index in [1.807, 2.05) is 6.07 Å². The Balaban J connectivity index is 1.79. The highest BCUT2D eigenvalue weighted by Crippen LogP contribution is 2.19. The van der Waals surface area contributed by atoms with Crippen LogP contribution in [0.2, 0.25) is 0 Å². The summed E-state index contributed by atoms with van der Waals surface area (Å²) in [6.45, 7) is 2.12. The molecule has 0 bridgehead atoms. The highest BCUT2D eigenvalue weighted by atomic mass is 16.5. The molecule has 3 rings (SSSR count). The standard InChI is InChI=1S/C19H17N3O3/c20-13-14-5-7-15(8-6-14)18(23)21-17-4-2-1-3-16(17)19(24)22-9-11-25-12-10-22/h1-8H,9-12H2,(H,21,23). The molecule has 0 atom stereocenters. The minimum atomic E-state index is -0.327. The first-order valence-corrected chi connectivity index (χ1v) is 7.96. The summed E-state index contributed by atoms with van der Waals surface area (Å²) in [7, 11) is 0. The van der Waals surface area contributed by atoms with E-state index in [2.05, 4.69) is 5.32 Å². The van der Waals surface area contributed by atoms with Crippen molar-refractivity contribution < 1.29 is 14.3 Å². The fourth-order valence-electron chi connectivity index (χ4n) is 2.61. The van der Waals surface area contributed by atoms with E-state index < -0.39 is 0 Å². The lowest BCUT2D eigenvalue weighted by molar-refractivity contribution is 0.0303. The third kappa shape index (κ3) is 3.84. The number of ether oxygens (including phenoxy) is 1. The molecule has 1 saturated heterocycles. The summed E-state index contributed by atoms with van der Waals surface area (Å²) in [6.07, 6.45) is 0. The molecule has 2 amide bonds. The van der Waals surface area contributed by atoms with Crippen molar-refractivity contribution in [2.75, 3.05) is 31.6 Å². The van der Waals surface area contributed by atoms with E-state index in [4.69, 9.17) is 10.00 Å². The van der Waals surface area contributed by atoms with Crippen LogP contribution < -0.4 is 5.32 Å². The Bertz CT molecular complexity index is 819. The van der Waals surface area contributed by atoms with Gasteiger partial charge in [-0.15, -0.1) is 0 Å². The van der Waals surface area contributed by atoms with Crippen molar-refractivity contribution in [2.24, 2.45) is 0 Å². The average Bonchev–Trinajstić information content (AvgIpc) is 2.68. The van der Waals surface area contributed by atoms with Crippen LogP contribution in [0.1, 0.15) is 26.3 Å². The largest absolute Gasteiger partial charge is 0.378 e. The maximum Gasteiger partial charge on any atom is 0.256 e. The van der Waals surface area contributed by atoms with Gasteiger partial charge in [-0.25, -0.2) is 0 Å². The Morgan fingerprint density at radius 3 is 2.40 bits per heavy atom. The number of carbonyl (C=O) groups excluding carboxylic acids is 2. The maximum absolute atomic E-state index is 12.7. The predicted octanol–water partition coefficient (Wildman–Crippen LogP) is 2.28. The van der Waals surface area contributed by atoms with Crippen molar-refractivity contribution >= 4 is 17.5 Å². The second-order valence-electron chi connectivity index (χ2n) is 5.59. The quantitative estimate of drug-likeness (QED) is 0.933. The molecule has 0 radical (unpaired) electrons. The molecule has 6 nitrogen and oxygen atoms in total. The molecule has 0 unspecified atom stereocenters. The van der Waals surface area contributed by atoms with Crippen LogP contribution in [0.3, 0.4) is 0 Å². The summed E-state index contributed by atoms with van der Waals surface area (Å²) < 4.78 is 5.27. The van der Waals surface area contributed by atoms with E-state index in [1.165, 1.54) is 0 Å². The van der Waals surface area contributed by atoms with Crippen molar-refractivity contribution in [2.45, 2.75) is 0 Å². The number of nitrogens with zero attached hydrogens (tertiary/aromatic N) is 2. The van der Waals surface area contributed by atoms with Crippen molar-refractivity contribution in [1.82, 2.24) is 4.90 Å². The van der Waals surface area contributed by atoms with Gasteiger partial charge in [0.2, 0.25) is 0 Å². The van der Waals surface area contributed by atoms with Gasteiger partial charge in [0.15, 0.2) is 0 Å². The number of benzene rings is 2. The van der Waals surface area contributed by atoms with E-state index in [0.29, 0.717) is 48.7 Å².